The van der Waals surface area contributed by atoms with Gasteiger partial charge in [-0.2, -0.15) is 0 Å². The molecule has 2 aromatic carbocycles. The molecule has 0 aliphatic rings. The zero-order chi connectivity index (χ0) is 21.3. The Bertz CT molecular complexity index is 720. The summed E-state index contributed by atoms with van der Waals surface area (Å²) in [6.07, 6.45) is 7.24. The predicted octanol–water partition coefficient (Wildman–Crippen LogP) is 4.69. The van der Waals surface area contributed by atoms with Crippen LogP contribution in [0.25, 0.3) is 0 Å². The van der Waals surface area contributed by atoms with Crippen molar-refractivity contribution in [3.05, 3.63) is 47.5 Å². The van der Waals surface area contributed by atoms with Gasteiger partial charge in [0.15, 0.2) is 23.0 Å². The molecular formula is C24H36O4Si. The average Bonchev–Trinajstić information content (AvgIpc) is 2.77. The Labute approximate surface area is 178 Å². The maximum atomic E-state index is 5.84. The molecule has 0 aromatic heterocycles. The van der Waals surface area contributed by atoms with Crippen LogP contribution in [-0.4, -0.2) is 38.7 Å². The summed E-state index contributed by atoms with van der Waals surface area (Å²) in [5.74, 6) is 3.14. The maximum Gasteiger partial charge on any atom is 0.164 e. The maximum absolute atomic E-state index is 5.84. The summed E-state index contributed by atoms with van der Waals surface area (Å²) in [6, 6.07) is 12.3. The quantitative estimate of drug-likeness (QED) is 0.371. The molecule has 0 saturated carbocycles. The molecule has 4 nitrogen and oxygen atoms in total. The first kappa shape index (κ1) is 23.1. The SMILES string of the molecule is CCCCCCCC([SiH3])(c1cccc(OC)c1OC)c1cccc(OC)c1OC. The summed E-state index contributed by atoms with van der Waals surface area (Å²) >= 11 is 0. The van der Waals surface area contributed by atoms with Gasteiger partial charge in [-0.25, -0.2) is 0 Å². The monoisotopic (exact) mass is 416 g/mol. The van der Waals surface area contributed by atoms with Crippen LogP contribution in [0.2, 0.25) is 0 Å². The van der Waals surface area contributed by atoms with E-state index in [4.69, 9.17) is 18.9 Å². The predicted molar refractivity (Wildman–Crippen MR) is 123 cm³/mol. The Morgan fingerprint density at radius 2 is 1.17 bits per heavy atom. The molecule has 0 atom stereocenters. The number of para-hydroxylation sites is 2. The van der Waals surface area contributed by atoms with Crippen molar-refractivity contribution in [2.45, 2.75) is 50.5 Å². The van der Waals surface area contributed by atoms with E-state index >= 15 is 0 Å². The summed E-state index contributed by atoms with van der Waals surface area (Å²) in [5.41, 5.74) is 2.32. The number of unbranched alkanes of at least 4 members (excludes halogenated alkanes) is 4. The van der Waals surface area contributed by atoms with E-state index in [0.717, 1.165) is 57.2 Å². The second-order valence-electron chi connectivity index (χ2n) is 7.58. The Morgan fingerprint density at radius 3 is 1.59 bits per heavy atom. The zero-order valence-electron chi connectivity index (χ0n) is 18.8. The molecule has 5 heteroatoms. The van der Waals surface area contributed by atoms with Crippen molar-refractivity contribution in [3.63, 3.8) is 0 Å². The number of hydrogen-bond acceptors (Lipinski definition) is 4. The van der Waals surface area contributed by atoms with Gasteiger partial charge in [0.05, 0.1) is 28.4 Å². The topological polar surface area (TPSA) is 36.9 Å². The van der Waals surface area contributed by atoms with Gasteiger partial charge < -0.3 is 18.9 Å². The molecule has 0 aliphatic carbocycles. The first-order valence-electron chi connectivity index (χ1n) is 10.5. The molecule has 0 spiro atoms. The van der Waals surface area contributed by atoms with Crippen molar-refractivity contribution in [1.29, 1.82) is 0 Å². The summed E-state index contributed by atoms with van der Waals surface area (Å²) in [4.78, 5) is 0. The lowest BCUT2D eigenvalue weighted by Crippen LogP contribution is -2.30. The van der Waals surface area contributed by atoms with Crippen LogP contribution in [0.15, 0.2) is 36.4 Å². The highest BCUT2D eigenvalue weighted by atomic mass is 28.1. The molecule has 0 heterocycles. The van der Waals surface area contributed by atoms with Crippen molar-refractivity contribution in [1.82, 2.24) is 0 Å². The summed E-state index contributed by atoms with van der Waals surface area (Å²) < 4.78 is 22.9. The molecule has 2 rings (SSSR count). The number of methoxy groups -OCH3 is 4. The van der Waals surface area contributed by atoms with E-state index in [1.807, 2.05) is 24.3 Å². The molecule has 160 valence electrons. The van der Waals surface area contributed by atoms with E-state index < -0.39 is 0 Å². The highest BCUT2D eigenvalue weighted by Crippen LogP contribution is 2.48. The van der Waals surface area contributed by atoms with Gasteiger partial charge in [-0.1, -0.05) is 63.3 Å². The van der Waals surface area contributed by atoms with Gasteiger partial charge in [0, 0.05) is 26.4 Å². The molecule has 0 saturated heterocycles. The average molecular weight is 417 g/mol. The van der Waals surface area contributed by atoms with Crippen LogP contribution in [0.5, 0.6) is 23.0 Å². The molecular weight excluding hydrogens is 380 g/mol. The van der Waals surface area contributed by atoms with Gasteiger partial charge in [0.1, 0.15) is 0 Å². The van der Waals surface area contributed by atoms with Gasteiger partial charge in [-0.05, 0) is 18.6 Å². The van der Waals surface area contributed by atoms with Gasteiger partial charge >= 0.3 is 0 Å². The van der Waals surface area contributed by atoms with Gasteiger partial charge in [-0.3, -0.25) is 0 Å². The number of benzene rings is 2. The number of rotatable bonds is 12. The highest BCUT2D eigenvalue weighted by Gasteiger charge is 2.36. The standard InChI is InChI=1S/C24H36O4Si/c1-6-7-8-9-10-17-24(29,18-13-11-15-20(25-2)22(18)27-4)19-14-12-16-21(26-3)23(19)28-5/h11-16H,6-10,17H2,1-5,29H3. The Balaban J connectivity index is 2.59. The lowest BCUT2D eigenvalue weighted by Gasteiger charge is -2.34. The lowest BCUT2D eigenvalue weighted by atomic mass is 9.83. The van der Waals surface area contributed by atoms with Crippen LogP contribution in [-0.2, 0) is 5.04 Å². The third-order valence-electron chi connectivity index (χ3n) is 5.78. The van der Waals surface area contributed by atoms with E-state index in [-0.39, 0.29) is 5.04 Å². The van der Waals surface area contributed by atoms with Crippen LogP contribution in [0.1, 0.15) is 56.6 Å². The lowest BCUT2D eigenvalue weighted by molar-refractivity contribution is 0.340. The second-order valence-corrected chi connectivity index (χ2v) is 9.29. The minimum atomic E-state index is -0.175. The summed E-state index contributed by atoms with van der Waals surface area (Å²) in [6.45, 7) is 2.25. The smallest absolute Gasteiger partial charge is 0.164 e. The van der Waals surface area contributed by atoms with E-state index in [9.17, 15) is 0 Å². The third-order valence-corrected chi connectivity index (χ3v) is 7.35. The van der Waals surface area contributed by atoms with Crippen LogP contribution >= 0.6 is 0 Å². The van der Waals surface area contributed by atoms with Gasteiger partial charge in [0.25, 0.3) is 0 Å². The number of hydrogen-bond donors (Lipinski definition) is 0. The molecule has 0 amide bonds. The highest BCUT2D eigenvalue weighted by molar-refractivity contribution is 6.19. The zero-order valence-corrected chi connectivity index (χ0v) is 20.8. The molecule has 0 fully saturated rings. The molecule has 0 N–H and O–H groups in total. The normalized spacial score (nSPS) is 11.3. The first-order valence-corrected chi connectivity index (χ1v) is 11.5. The van der Waals surface area contributed by atoms with Crippen molar-refractivity contribution < 1.29 is 18.9 Å². The van der Waals surface area contributed by atoms with E-state index in [1.165, 1.54) is 25.7 Å². The largest absolute Gasteiger partial charge is 0.493 e. The van der Waals surface area contributed by atoms with Crippen molar-refractivity contribution in [2.75, 3.05) is 28.4 Å². The first-order chi connectivity index (χ1) is 14.1. The molecule has 0 radical (unpaired) electrons. The fourth-order valence-corrected chi connectivity index (χ4v) is 5.28. The summed E-state index contributed by atoms with van der Waals surface area (Å²) in [7, 11) is 7.71. The fraction of sp³-hybridized carbons (Fsp3) is 0.500. The van der Waals surface area contributed by atoms with Crippen molar-refractivity contribution >= 4 is 10.2 Å². The third kappa shape index (κ3) is 5.07. The minimum Gasteiger partial charge on any atom is -0.493 e. The van der Waals surface area contributed by atoms with Crippen LogP contribution < -0.4 is 18.9 Å². The fourth-order valence-electron chi connectivity index (χ4n) is 4.14. The Kier molecular flexibility index (Phi) is 8.89. The molecule has 0 unspecified atom stereocenters. The van der Waals surface area contributed by atoms with Crippen LogP contribution in [0.4, 0.5) is 0 Å². The van der Waals surface area contributed by atoms with E-state index in [0.29, 0.717) is 0 Å². The Hall–Kier alpha value is -2.14. The number of ether oxygens (including phenoxy) is 4. The van der Waals surface area contributed by atoms with Crippen molar-refractivity contribution in [3.8, 4) is 23.0 Å². The minimum absolute atomic E-state index is 0.175. The molecule has 0 aliphatic heterocycles. The molecule has 0 bridgehead atoms. The van der Waals surface area contributed by atoms with Crippen LogP contribution in [0.3, 0.4) is 0 Å². The van der Waals surface area contributed by atoms with E-state index in [1.54, 1.807) is 28.4 Å². The second kappa shape index (κ2) is 11.1. The molecule has 29 heavy (non-hydrogen) atoms. The molecule has 2 aromatic rings. The summed E-state index contributed by atoms with van der Waals surface area (Å²) in [5, 5.41) is -0.175. The van der Waals surface area contributed by atoms with Gasteiger partial charge in [-0.15, -0.1) is 0 Å². The van der Waals surface area contributed by atoms with Crippen LogP contribution in [0, 0.1) is 0 Å². The Morgan fingerprint density at radius 1 is 0.690 bits per heavy atom. The van der Waals surface area contributed by atoms with Crippen molar-refractivity contribution in [2.24, 2.45) is 0 Å². The van der Waals surface area contributed by atoms with E-state index in [2.05, 4.69) is 19.1 Å². The van der Waals surface area contributed by atoms with Gasteiger partial charge in [0.2, 0.25) is 0 Å².